The molecular weight excluding hydrogens is 448 g/mol. The number of carbonyl (C=O) groups is 3. The molecule has 1 aliphatic rings. The first-order chi connectivity index (χ1) is 16.7. The zero-order valence-electron chi connectivity index (χ0n) is 19.9. The molecule has 35 heavy (non-hydrogen) atoms. The summed E-state index contributed by atoms with van der Waals surface area (Å²) in [6.07, 6.45) is 1.34. The Bertz CT molecular complexity index is 1260. The third-order valence-corrected chi connectivity index (χ3v) is 6.07. The zero-order chi connectivity index (χ0) is 25.3. The summed E-state index contributed by atoms with van der Waals surface area (Å²) < 4.78 is 1.91. The van der Waals surface area contributed by atoms with E-state index in [-0.39, 0.29) is 30.0 Å². The normalized spacial score (nSPS) is 15.1. The van der Waals surface area contributed by atoms with Crippen molar-refractivity contribution in [1.82, 2.24) is 20.1 Å². The van der Waals surface area contributed by atoms with Crippen molar-refractivity contribution in [2.75, 3.05) is 11.4 Å². The average molecular weight is 477 g/mol. The van der Waals surface area contributed by atoms with Gasteiger partial charge in [0.25, 0.3) is 5.91 Å². The van der Waals surface area contributed by atoms with E-state index in [2.05, 4.69) is 22.3 Å². The maximum absolute atomic E-state index is 13.2. The average Bonchev–Trinajstić information content (AvgIpc) is 3.23. The van der Waals surface area contributed by atoms with E-state index < -0.39 is 11.9 Å². The lowest BCUT2D eigenvalue weighted by Crippen LogP contribution is -2.35. The number of aromatic carboxylic acids is 1. The molecule has 10 heteroatoms. The number of hydrogen-bond acceptors (Lipinski definition) is 6. The van der Waals surface area contributed by atoms with Crippen LogP contribution in [0.1, 0.15) is 80.8 Å². The molecule has 0 unspecified atom stereocenters. The molecule has 3 heterocycles. The van der Waals surface area contributed by atoms with E-state index in [9.17, 15) is 14.4 Å². The summed E-state index contributed by atoms with van der Waals surface area (Å²) in [4.78, 5) is 42.0. The lowest BCUT2D eigenvalue weighted by Gasteiger charge is -2.33. The van der Waals surface area contributed by atoms with Gasteiger partial charge in [-0.05, 0) is 43.7 Å². The van der Waals surface area contributed by atoms with Crippen molar-refractivity contribution in [2.45, 2.75) is 45.8 Å². The Morgan fingerprint density at radius 2 is 1.83 bits per heavy atom. The number of nitrogens with zero attached hydrogens (tertiary/aromatic N) is 4. The lowest BCUT2D eigenvalue weighted by atomic mass is 9.95. The van der Waals surface area contributed by atoms with E-state index in [4.69, 9.17) is 10.8 Å². The molecule has 182 valence electrons. The monoisotopic (exact) mass is 476 g/mol. The molecule has 0 saturated heterocycles. The van der Waals surface area contributed by atoms with Gasteiger partial charge >= 0.3 is 5.97 Å². The highest BCUT2D eigenvalue weighted by molar-refractivity contribution is 5.94. The van der Waals surface area contributed by atoms with Gasteiger partial charge in [0.05, 0.1) is 5.56 Å². The molecule has 0 radical (unpaired) electrons. The Labute approximate surface area is 202 Å². The third kappa shape index (κ3) is 4.86. The van der Waals surface area contributed by atoms with Crippen molar-refractivity contribution >= 4 is 23.6 Å². The van der Waals surface area contributed by atoms with E-state index in [1.165, 1.54) is 12.3 Å². The molecule has 0 spiro atoms. The van der Waals surface area contributed by atoms with E-state index in [0.717, 1.165) is 16.8 Å². The Hall–Kier alpha value is -4.21. The third-order valence-electron chi connectivity index (χ3n) is 6.07. The smallest absolute Gasteiger partial charge is 0.337 e. The standard InChI is InChI=1S/C25H28N6O4/c1-14(2)31-22-15(3)12-30(20-9-8-18(11-27-20)25(34)35)13-19(22)21(29-31)24(33)28-10-16-4-6-17(7-5-16)23(26)32/h4-9,11,14-15H,10,12-13H2,1-3H3,(H2,26,32)(H,28,33)(H,34,35)/t15-/m0/s1. The number of nitrogens with two attached hydrogens (primary N) is 1. The van der Waals surface area contributed by atoms with Gasteiger partial charge in [0, 0.05) is 54.6 Å². The van der Waals surface area contributed by atoms with Crippen molar-refractivity contribution in [1.29, 1.82) is 0 Å². The van der Waals surface area contributed by atoms with E-state index in [1.54, 1.807) is 30.3 Å². The van der Waals surface area contributed by atoms with Crippen LogP contribution in [0.5, 0.6) is 0 Å². The first-order valence-corrected chi connectivity index (χ1v) is 11.4. The number of benzene rings is 1. The molecule has 1 aliphatic heterocycles. The Kier molecular flexibility index (Phi) is 6.54. The van der Waals surface area contributed by atoms with Crippen LogP contribution in [0.15, 0.2) is 42.6 Å². The van der Waals surface area contributed by atoms with Gasteiger partial charge in [-0.25, -0.2) is 9.78 Å². The Morgan fingerprint density at radius 1 is 1.14 bits per heavy atom. The van der Waals surface area contributed by atoms with Gasteiger partial charge in [0.1, 0.15) is 5.82 Å². The van der Waals surface area contributed by atoms with Gasteiger partial charge in [0.2, 0.25) is 5.91 Å². The number of rotatable bonds is 7. The van der Waals surface area contributed by atoms with Crippen LogP contribution < -0.4 is 16.0 Å². The predicted octanol–water partition coefficient (Wildman–Crippen LogP) is 2.71. The highest BCUT2D eigenvalue weighted by Crippen LogP contribution is 2.34. The van der Waals surface area contributed by atoms with Crippen molar-refractivity contribution in [3.05, 3.63) is 76.2 Å². The molecule has 0 aliphatic carbocycles. The summed E-state index contributed by atoms with van der Waals surface area (Å²) in [7, 11) is 0. The van der Waals surface area contributed by atoms with Crippen LogP contribution in [-0.4, -0.2) is 44.2 Å². The molecule has 0 bridgehead atoms. The fourth-order valence-electron chi connectivity index (χ4n) is 4.34. The molecule has 2 aromatic heterocycles. The minimum Gasteiger partial charge on any atom is -0.478 e. The largest absolute Gasteiger partial charge is 0.478 e. The number of carbonyl (C=O) groups excluding carboxylic acids is 2. The summed E-state index contributed by atoms with van der Waals surface area (Å²) in [5, 5.41) is 16.8. The molecule has 1 aromatic carbocycles. The zero-order valence-corrected chi connectivity index (χ0v) is 19.9. The number of primary amides is 1. The van der Waals surface area contributed by atoms with Crippen LogP contribution in [0.3, 0.4) is 0 Å². The highest BCUT2D eigenvalue weighted by atomic mass is 16.4. The van der Waals surface area contributed by atoms with Gasteiger partial charge in [-0.3, -0.25) is 14.3 Å². The summed E-state index contributed by atoms with van der Waals surface area (Å²) >= 11 is 0. The number of fused-ring (bicyclic) bond motifs is 1. The van der Waals surface area contributed by atoms with Crippen LogP contribution in [0.25, 0.3) is 0 Å². The van der Waals surface area contributed by atoms with Crippen LogP contribution in [0.2, 0.25) is 0 Å². The van der Waals surface area contributed by atoms with E-state index in [1.807, 2.05) is 23.4 Å². The number of nitrogens with one attached hydrogen (secondary N) is 1. The quantitative estimate of drug-likeness (QED) is 0.476. The number of carboxylic acids is 1. The molecule has 0 fully saturated rings. The number of hydrogen-bond donors (Lipinski definition) is 3. The first kappa shape index (κ1) is 23.9. The summed E-state index contributed by atoms with van der Waals surface area (Å²) in [5.74, 6) is -1.09. The predicted molar refractivity (Wildman–Crippen MR) is 129 cm³/mol. The molecular formula is C25H28N6O4. The fourth-order valence-corrected chi connectivity index (χ4v) is 4.34. The minimum absolute atomic E-state index is 0.0774. The summed E-state index contributed by atoms with van der Waals surface area (Å²) in [5.41, 5.74) is 8.87. The number of pyridine rings is 1. The number of aromatic nitrogens is 3. The number of amides is 2. The molecule has 2 amide bonds. The number of carboxylic acid groups (broad SMARTS) is 1. The van der Waals surface area contributed by atoms with Crippen LogP contribution in [0, 0.1) is 0 Å². The van der Waals surface area contributed by atoms with Crippen LogP contribution in [-0.2, 0) is 13.1 Å². The Morgan fingerprint density at radius 3 is 2.40 bits per heavy atom. The van der Waals surface area contributed by atoms with Crippen molar-refractivity contribution in [3.8, 4) is 0 Å². The topological polar surface area (TPSA) is 143 Å². The second-order valence-corrected chi connectivity index (χ2v) is 8.99. The van der Waals surface area contributed by atoms with E-state index >= 15 is 0 Å². The minimum atomic E-state index is -1.03. The maximum atomic E-state index is 13.2. The second-order valence-electron chi connectivity index (χ2n) is 8.99. The second kappa shape index (κ2) is 9.57. The van der Waals surface area contributed by atoms with Gasteiger partial charge < -0.3 is 21.1 Å². The van der Waals surface area contributed by atoms with Crippen molar-refractivity contribution in [2.24, 2.45) is 5.73 Å². The lowest BCUT2D eigenvalue weighted by molar-refractivity contribution is 0.0696. The molecule has 0 saturated carbocycles. The molecule has 3 aromatic rings. The maximum Gasteiger partial charge on any atom is 0.337 e. The molecule has 10 nitrogen and oxygen atoms in total. The highest BCUT2D eigenvalue weighted by Gasteiger charge is 2.33. The Balaban J connectivity index is 1.59. The summed E-state index contributed by atoms with van der Waals surface area (Å²) in [6, 6.07) is 10.0. The van der Waals surface area contributed by atoms with E-state index in [0.29, 0.717) is 30.2 Å². The van der Waals surface area contributed by atoms with Crippen molar-refractivity contribution < 1.29 is 19.5 Å². The number of anilines is 1. The molecule has 1 atom stereocenters. The van der Waals surface area contributed by atoms with Gasteiger partial charge in [-0.15, -0.1) is 0 Å². The molecule has 4 N–H and O–H groups in total. The van der Waals surface area contributed by atoms with Crippen LogP contribution >= 0.6 is 0 Å². The first-order valence-electron chi connectivity index (χ1n) is 11.4. The van der Waals surface area contributed by atoms with Gasteiger partial charge in [0.15, 0.2) is 5.69 Å². The fraction of sp³-hybridized carbons (Fsp3) is 0.320. The van der Waals surface area contributed by atoms with Crippen molar-refractivity contribution in [3.63, 3.8) is 0 Å². The summed E-state index contributed by atoms with van der Waals surface area (Å²) in [6.45, 7) is 7.51. The van der Waals surface area contributed by atoms with Gasteiger partial charge in [-0.2, -0.15) is 5.10 Å². The van der Waals surface area contributed by atoms with Gasteiger partial charge in [-0.1, -0.05) is 19.1 Å². The molecule has 4 rings (SSSR count). The SMILES string of the molecule is CC(C)n1nc(C(=O)NCc2ccc(C(N)=O)cc2)c2c1[C@@H](C)CN(c1ccc(C(=O)O)cn1)C2. The van der Waals surface area contributed by atoms with Crippen LogP contribution in [0.4, 0.5) is 5.82 Å².